The summed E-state index contributed by atoms with van der Waals surface area (Å²) in [5.74, 6) is 0.192. The summed E-state index contributed by atoms with van der Waals surface area (Å²) in [5, 5.41) is 1.95. The quantitative estimate of drug-likeness (QED) is 0.216. The molecule has 240 valence electrons. The molecule has 0 spiro atoms. The predicted octanol–water partition coefficient (Wildman–Crippen LogP) is 4.69. The summed E-state index contributed by atoms with van der Waals surface area (Å²) < 4.78 is 29.7. The third-order valence-electron chi connectivity index (χ3n) is 7.24. The molecule has 0 fully saturated rings. The van der Waals surface area contributed by atoms with Gasteiger partial charge in [0.2, 0.25) is 0 Å². The summed E-state index contributed by atoms with van der Waals surface area (Å²) in [4.78, 5) is 44.6. The van der Waals surface area contributed by atoms with Crippen LogP contribution in [-0.4, -0.2) is 49.5 Å². The number of aromatic nitrogens is 1. The summed E-state index contributed by atoms with van der Waals surface area (Å²) >= 11 is 1.23. The minimum absolute atomic E-state index is 0.0802. The number of nitrogens with zero attached hydrogens (tertiary/aromatic N) is 2. The highest BCUT2D eigenvalue weighted by molar-refractivity contribution is 7.07. The van der Waals surface area contributed by atoms with Crippen LogP contribution in [0.2, 0.25) is 0 Å². The van der Waals surface area contributed by atoms with Gasteiger partial charge in [0.15, 0.2) is 22.9 Å². The van der Waals surface area contributed by atoms with E-state index in [0.717, 1.165) is 16.3 Å². The number of thiazole rings is 1. The van der Waals surface area contributed by atoms with Gasteiger partial charge in [0.25, 0.3) is 5.56 Å². The topological polar surface area (TPSA) is 115 Å². The third kappa shape index (κ3) is 6.55. The fourth-order valence-corrected chi connectivity index (χ4v) is 6.33. The molecule has 0 amide bonds. The molecule has 1 atom stereocenters. The zero-order valence-corrected chi connectivity index (χ0v) is 27.4. The second-order valence-corrected chi connectivity index (χ2v) is 11.7. The van der Waals surface area contributed by atoms with Gasteiger partial charge < -0.3 is 23.7 Å². The average molecular weight is 645 g/mol. The molecule has 0 bridgehead atoms. The van der Waals surface area contributed by atoms with E-state index in [2.05, 4.69) is 0 Å². The highest BCUT2D eigenvalue weighted by Crippen LogP contribution is 2.37. The Morgan fingerprint density at radius 3 is 2.48 bits per heavy atom. The molecule has 11 heteroatoms. The lowest BCUT2D eigenvalue weighted by Crippen LogP contribution is -2.40. The number of allylic oxidation sites excluding steroid dienone is 1. The maximum Gasteiger partial charge on any atom is 0.343 e. The molecule has 2 heterocycles. The Balaban J connectivity index is 1.73. The Morgan fingerprint density at radius 1 is 1.00 bits per heavy atom. The SMILES string of the molecule is CCOC(=O)C1=C(C)N=c2s/c(=C/c3c(OC(C)C)ccc4ccccc34)c(=O)n2[C@H]1c1ccc(OCC(=O)OC)c(OCC)c1. The normalized spacial score (nSPS) is 14.6. The summed E-state index contributed by atoms with van der Waals surface area (Å²) in [5.41, 5.74) is 1.71. The molecule has 0 saturated heterocycles. The first-order chi connectivity index (χ1) is 22.2. The van der Waals surface area contributed by atoms with Gasteiger partial charge in [-0.15, -0.1) is 0 Å². The van der Waals surface area contributed by atoms with E-state index in [1.807, 2.05) is 63.2 Å². The Bertz CT molecular complexity index is 2010. The van der Waals surface area contributed by atoms with Crippen LogP contribution in [-0.2, 0) is 19.1 Å². The molecule has 1 aliphatic rings. The van der Waals surface area contributed by atoms with Crippen molar-refractivity contribution in [3.05, 3.63) is 96.7 Å². The van der Waals surface area contributed by atoms with Gasteiger partial charge in [0.1, 0.15) is 5.75 Å². The number of esters is 2. The van der Waals surface area contributed by atoms with Crippen molar-refractivity contribution in [2.45, 2.75) is 46.8 Å². The van der Waals surface area contributed by atoms with E-state index in [0.29, 0.717) is 44.4 Å². The predicted molar refractivity (Wildman–Crippen MR) is 175 cm³/mol. The first-order valence-electron chi connectivity index (χ1n) is 15.0. The molecule has 0 unspecified atom stereocenters. The van der Waals surface area contributed by atoms with Crippen molar-refractivity contribution in [3.8, 4) is 17.2 Å². The maximum atomic E-state index is 14.4. The fourth-order valence-electron chi connectivity index (χ4n) is 5.30. The Hall–Kier alpha value is -4.90. The van der Waals surface area contributed by atoms with Crippen LogP contribution in [0.1, 0.15) is 51.8 Å². The van der Waals surface area contributed by atoms with Crippen LogP contribution in [0, 0.1) is 0 Å². The zero-order chi connectivity index (χ0) is 33.0. The number of ether oxygens (including phenoxy) is 5. The molecule has 0 radical (unpaired) electrons. The van der Waals surface area contributed by atoms with Crippen molar-refractivity contribution in [2.75, 3.05) is 26.9 Å². The fraction of sp³-hybridized carbons (Fsp3) is 0.314. The molecule has 0 aliphatic carbocycles. The molecule has 0 N–H and O–H groups in total. The van der Waals surface area contributed by atoms with Crippen molar-refractivity contribution in [1.82, 2.24) is 4.57 Å². The number of methoxy groups -OCH3 is 1. The van der Waals surface area contributed by atoms with Gasteiger partial charge in [0.05, 0.1) is 48.3 Å². The van der Waals surface area contributed by atoms with Crippen LogP contribution < -0.4 is 29.1 Å². The molecular formula is C35H36N2O8S. The van der Waals surface area contributed by atoms with E-state index in [1.165, 1.54) is 23.0 Å². The van der Waals surface area contributed by atoms with E-state index in [1.54, 1.807) is 32.0 Å². The van der Waals surface area contributed by atoms with Gasteiger partial charge in [-0.25, -0.2) is 14.6 Å². The first kappa shape index (κ1) is 32.5. The minimum atomic E-state index is -0.870. The number of carbonyl (C=O) groups excluding carboxylic acids is 2. The van der Waals surface area contributed by atoms with E-state index >= 15 is 0 Å². The molecule has 5 rings (SSSR count). The number of fused-ring (bicyclic) bond motifs is 2. The van der Waals surface area contributed by atoms with Crippen molar-refractivity contribution in [1.29, 1.82) is 0 Å². The van der Waals surface area contributed by atoms with E-state index in [-0.39, 0.29) is 30.5 Å². The summed E-state index contributed by atoms with van der Waals surface area (Å²) in [6.45, 7) is 9.33. The maximum absolute atomic E-state index is 14.4. The van der Waals surface area contributed by atoms with E-state index in [4.69, 9.17) is 28.7 Å². The van der Waals surface area contributed by atoms with E-state index in [9.17, 15) is 14.4 Å². The lowest BCUT2D eigenvalue weighted by Gasteiger charge is -2.25. The van der Waals surface area contributed by atoms with Crippen molar-refractivity contribution >= 4 is 40.1 Å². The molecule has 1 aliphatic heterocycles. The van der Waals surface area contributed by atoms with Gasteiger partial charge in [-0.1, -0.05) is 47.7 Å². The second kappa shape index (κ2) is 14.0. The van der Waals surface area contributed by atoms with Crippen LogP contribution in [0.25, 0.3) is 16.8 Å². The smallest absolute Gasteiger partial charge is 0.343 e. The number of benzene rings is 3. The van der Waals surface area contributed by atoms with Crippen LogP contribution in [0.3, 0.4) is 0 Å². The van der Waals surface area contributed by atoms with E-state index < -0.39 is 18.0 Å². The summed E-state index contributed by atoms with van der Waals surface area (Å²) in [6.07, 6.45) is 1.75. The molecule has 0 saturated carbocycles. The molecule has 3 aromatic carbocycles. The molecule has 10 nitrogen and oxygen atoms in total. The molecular weight excluding hydrogens is 608 g/mol. The lowest BCUT2D eigenvalue weighted by molar-refractivity contribution is -0.143. The van der Waals surface area contributed by atoms with Crippen molar-refractivity contribution < 1.29 is 33.3 Å². The Kier molecular flexibility index (Phi) is 9.91. The van der Waals surface area contributed by atoms with Crippen LogP contribution in [0.4, 0.5) is 0 Å². The van der Waals surface area contributed by atoms with Gasteiger partial charge in [0, 0.05) is 5.56 Å². The molecule has 4 aromatic rings. The van der Waals surface area contributed by atoms with Crippen LogP contribution >= 0.6 is 11.3 Å². The van der Waals surface area contributed by atoms with Crippen molar-refractivity contribution in [3.63, 3.8) is 0 Å². The Labute approximate surface area is 270 Å². The van der Waals surface area contributed by atoms with Crippen molar-refractivity contribution in [2.24, 2.45) is 4.99 Å². The lowest BCUT2D eigenvalue weighted by atomic mass is 9.95. The monoisotopic (exact) mass is 644 g/mol. The second-order valence-electron chi connectivity index (χ2n) is 10.7. The largest absolute Gasteiger partial charge is 0.490 e. The summed E-state index contributed by atoms with van der Waals surface area (Å²) in [7, 11) is 1.28. The molecule has 46 heavy (non-hydrogen) atoms. The zero-order valence-electron chi connectivity index (χ0n) is 26.6. The first-order valence-corrected chi connectivity index (χ1v) is 15.8. The van der Waals surface area contributed by atoms with Crippen LogP contribution in [0.15, 0.2) is 75.7 Å². The minimum Gasteiger partial charge on any atom is -0.490 e. The Morgan fingerprint density at radius 2 is 1.76 bits per heavy atom. The average Bonchev–Trinajstić information content (AvgIpc) is 3.34. The van der Waals surface area contributed by atoms with Crippen LogP contribution in [0.5, 0.6) is 17.2 Å². The third-order valence-corrected chi connectivity index (χ3v) is 8.23. The van der Waals surface area contributed by atoms with Gasteiger partial charge in [-0.05, 0) is 75.2 Å². The summed E-state index contributed by atoms with van der Waals surface area (Å²) in [6, 6.07) is 16.0. The number of hydrogen-bond donors (Lipinski definition) is 0. The van der Waals surface area contributed by atoms with Gasteiger partial charge in [-0.2, -0.15) is 0 Å². The highest BCUT2D eigenvalue weighted by atomic mass is 32.1. The van der Waals surface area contributed by atoms with Gasteiger partial charge >= 0.3 is 11.9 Å². The number of rotatable bonds is 11. The number of hydrogen-bond acceptors (Lipinski definition) is 10. The van der Waals surface area contributed by atoms with Gasteiger partial charge in [-0.3, -0.25) is 9.36 Å². The number of carbonyl (C=O) groups is 2. The standard InChI is InChI=1S/C35H36N2O8S/c1-7-42-28-17-23(14-16-27(28)44-19-30(38)41-6)32-31(34(40)43-8-2)21(5)36-35-37(32)33(39)29(46-35)18-25-24-12-10-9-11-22(24)13-15-26(25)45-20(3)4/h9-18,20,32H,7-8,19H2,1-6H3/b29-18+/t32-/m0/s1. The highest BCUT2D eigenvalue weighted by Gasteiger charge is 2.34. The molecule has 1 aromatic heterocycles.